The summed E-state index contributed by atoms with van der Waals surface area (Å²) < 4.78 is 12.0. The Balaban J connectivity index is 1.51. The van der Waals surface area contributed by atoms with Crippen LogP contribution in [0.5, 0.6) is 5.75 Å². The largest absolute Gasteiger partial charge is 0.489 e. The Kier molecular flexibility index (Phi) is 5.46. The topological polar surface area (TPSA) is 32.6 Å². The monoisotopic (exact) mass is 296 g/mol. The van der Waals surface area contributed by atoms with Crippen LogP contribution < -0.4 is 10.1 Å². The third-order valence-electron chi connectivity index (χ3n) is 3.97. The summed E-state index contributed by atoms with van der Waals surface area (Å²) in [6.07, 6.45) is 1.15. The van der Waals surface area contributed by atoms with Gasteiger partial charge in [-0.15, -0.1) is 0 Å². The highest BCUT2D eigenvalue weighted by Gasteiger charge is 2.27. The number of nitrogens with zero attached hydrogens (tertiary/aromatic N) is 1. The van der Waals surface area contributed by atoms with Gasteiger partial charge in [-0.3, -0.25) is 0 Å². The van der Waals surface area contributed by atoms with Gasteiger partial charge in [0.2, 0.25) is 0 Å². The fraction of sp³-hybridized carbons (Fsp3) is 0.368. The van der Waals surface area contributed by atoms with Crippen molar-refractivity contribution < 1.29 is 9.47 Å². The second kappa shape index (κ2) is 7.97. The molecule has 3 heteroatoms. The Labute approximate surface area is 132 Å². The molecule has 1 radical (unpaired) electrons. The van der Waals surface area contributed by atoms with Crippen LogP contribution in [-0.4, -0.2) is 25.8 Å². The molecule has 0 aliphatic carbocycles. The molecule has 1 heterocycles. The summed E-state index contributed by atoms with van der Waals surface area (Å²) in [7, 11) is 0. The molecule has 3 nitrogen and oxygen atoms in total. The van der Waals surface area contributed by atoms with E-state index in [1.807, 2.05) is 48.5 Å². The van der Waals surface area contributed by atoms with Crippen molar-refractivity contribution >= 4 is 0 Å². The molecule has 0 amide bonds. The first kappa shape index (κ1) is 15.1. The summed E-state index contributed by atoms with van der Waals surface area (Å²) in [4.78, 5) is 0. The van der Waals surface area contributed by atoms with Gasteiger partial charge in [0.05, 0.1) is 19.8 Å². The van der Waals surface area contributed by atoms with E-state index < -0.39 is 0 Å². The standard InChI is InChI=1S/C19H22NO2/c1-3-7-16(8-4-1)14-21-15-17-11-12-20-13-19(17)22-18-9-5-2-6-10-18/h1-10,17,19H,11-15H2. The zero-order valence-electron chi connectivity index (χ0n) is 12.7. The third kappa shape index (κ3) is 4.33. The van der Waals surface area contributed by atoms with Crippen molar-refractivity contribution in [1.82, 2.24) is 5.32 Å². The van der Waals surface area contributed by atoms with Crippen molar-refractivity contribution in [2.24, 2.45) is 5.92 Å². The minimum Gasteiger partial charge on any atom is -0.489 e. The van der Waals surface area contributed by atoms with Gasteiger partial charge in [0.25, 0.3) is 0 Å². The summed E-state index contributed by atoms with van der Waals surface area (Å²) in [6.45, 7) is 3.05. The van der Waals surface area contributed by atoms with Crippen molar-refractivity contribution in [3.63, 3.8) is 0 Å². The summed E-state index contributed by atoms with van der Waals surface area (Å²) >= 11 is 0. The Morgan fingerprint density at radius 2 is 1.68 bits per heavy atom. The highest BCUT2D eigenvalue weighted by Crippen LogP contribution is 2.21. The normalized spacial score (nSPS) is 21.5. The van der Waals surface area contributed by atoms with Crippen LogP contribution in [0.1, 0.15) is 12.0 Å². The number of para-hydroxylation sites is 1. The van der Waals surface area contributed by atoms with Crippen LogP contribution >= 0.6 is 0 Å². The Hall–Kier alpha value is -1.84. The van der Waals surface area contributed by atoms with Crippen molar-refractivity contribution in [2.45, 2.75) is 19.1 Å². The zero-order chi connectivity index (χ0) is 15.0. The Morgan fingerprint density at radius 3 is 2.45 bits per heavy atom. The SMILES string of the molecule is c1ccc(COCC2CC[N]CC2Oc2ccccc2)cc1. The molecule has 1 fully saturated rings. The molecule has 2 aromatic rings. The van der Waals surface area contributed by atoms with E-state index in [4.69, 9.17) is 9.47 Å². The molecule has 2 aromatic carbocycles. The molecule has 1 aliphatic rings. The average Bonchev–Trinajstić information content (AvgIpc) is 2.58. The molecule has 2 unspecified atom stereocenters. The summed E-state index contributed by atoms with van der Waals surface area (Å²) in [5.41, 5.74) is 1.21. The number of rotatable bonds is 6. The van der Waals surface area contributed by atoms with Crippen molar-refractivity contribution in [2.75, 3.05) is 19.7 Å². The number of benzene rings is 2. The number of ether oxygens (including phenoxy) is 2. The number of piperidine rings is 1. The van der Waals surface area contributed by atoms with E-state index in [-0.39, 0.29) is 6.10 Å². The molecule has 0 aromatic heterocycles. The van der Waals surface area contributed by atoms with Gasteiger partial charge in [-0.05, 0) is 24.1 Å². The van der Waals surface area contributed by atoms with Crippen LogP contribution in [0.2, 0.25) is 0 Å². The molecule has 115 valence electrons. The first-order valence-corrected chi connectivity index (χ1v) is 7.88. The zero-order valence-corrected chi connectivity index (χ0v) is 12.7. The molecule has 0 spiro atoms. The van der Waals surface area contributed by atoms with Crippen LogP contribution in [0, 0.1) is 5.92 Å². The first-order valence-electron chi connectivity index (χ1n) is 7.88. The fourth-order valence-corrected chi connectivity index (χ4v) is 2.71. The van der Waals surface area contributed by atoms with Crippen molar-refractivity contribution in [3.8, 4) is 5.75 Å². The first-order chi connectivity index (χ1) is 10.9. The Morgan fingerprint density at radius 1 is 0.955 bits per heavy atom. The highest BCUT2D eigenvalue weighted by molar-refractivity contribution is 5.21. The number of hydrogen-bond acceptors (Lipinski definition) is 2. The van der Waals surface area contributed by atoms with E-state index in [1.54, 1.807) is 0 Å². The average molecular weight is 296 g/mol. The summed E-state index contributed by atoms with van der Waals surface area (Å²) in [5.74, 6) is 1.32. The van der Waals surface area contributed by atoms with Crippen LogP contribution in [-0.2, 0) is 11.3 Å². The molecule has 2 atom stereocenters. The molecule has 22 heavy (non-hydrogen) atoms. The van der Waals surface area contributed by atoms with Gasteiger partial charge >= 0.3 is 0 Å². The van der Waals surface area contributed by atoms with Gasteiger partial charge in [0.15, 0.2) is 0 Å². The molecule has 3 rings (SSSR count). The minimum absolute atomic E-state index is 0.118. The van der Waals surface area contributed by atoms with E-state index in [1.165, 1.54) is 5.56 Å². The van der Waals surface area contributed by atoms with Crippen LogP contribution in [0.25, 0.3) is 0 Å². The quantitative estimate of drug-likeness (QED) is 0.819. The third-order valence-corrected chi connectivity index (χ3v) is 3.97. The van der Waals surface area contributed by atoms with Gasteiger partial charge in [-0.1, -0.05) is 48.5 Å². The molecule has 0 saturated carbocycles. The maximum Gasteiger partial charge on any atom is 0.119 e. The highest BCUT2D eigenvalue weighted by atomic mass is 16.5. The second-order valence-corrected chi connectivity index (χ2v) is 5.65. The lowest BCUT2D eigenvalue weighted by Gasteiger charge is -2.31. The molecule has 1 aliphatic heterocycles. The van der Waals surface area contributed by atoms with E-state index in [9.17, 15) is 0 Å². The summed E-state index contributed by atoms with van der Waals surface area (Å²) in [6, 6.07) is 20.3. The van der Waals surface area contributed by atoms with Gasteiger partial charge in [-0.2, -0.15) is 0 Å². The lowest BCUT2D eigenvalue weighted by atomic mass is 9.96. The Bertz CT molecular complexity index is 544. The molecular weight excluding hydrogens is 274 g/mol. The van der Waals surface area contributed by atoms with Crippen LogP contribution in [0.15, 0.2) is 60.7 Å². The van der Waals surface area contributed by atoms with Crippen LogP contribution in [0.4, 0.5) is 0 Å². The fourth-order valence-electron chi connectivity index (χ4n) is 2.71. The lowest BCUT2D eigenvalue weighted by molar-refractivity contribution is 0.0172. The second-order valence-electron chi connectivity index (χ2n) is 5.65. The maximum atomic E-state index is 6.10. The predicted molar refractivity (Wildman–Crippen MR) is 86.9 cm³/mol. The van der Waals surface area contributed by atoms with Gasteiger partial charge in [-0.25, -0.2) is 5.32 Å². The van der Waals surface area contributed by atoms with E-state index in [0.29, 0.717) is 12.5 Å². The molecular formula is C19H22NO2. The smallest absolute Gasteiger partial charge is 0.119 e. The summed E-state index contributed by atoms with van der Waals surface area (Å²) in [5, 5.41) is 4.49. The van der Waals surface area contributed by atoms with Gasteiger partial charge in [0, 0.05) is 12.5 Å². The minimum atomic E-state index is 0.118. The lowest BCUT2D eigenvalue weighted by Crippen LogP contribution is -2.42. The molecule has 1 saturated heterocycles. The van der Waals surface area contributed by atoms with E-state index in [0.717, 1.165) is 31.9 Å². The van der Waals surface area contributed by atoms with Crippen molar-refractivity contribution in [1.29, 1.82) is 0 Å². The van der Waals surface area contributed by atoms with E-state index >= 15 is 0 Å². The predicted octanol–water partition coefficient (Wildman–Crippen LogP) is 3.28. The molecule has 0 bridgehead atoms. The van der Waals surface area contributed by atoms with Gasteiger partial charge < -0.3 is 9.47 Å². The number of hydrogen-bond donors (Lipinski definition) is 0. The van der Waals surface area contributed by atoms with Crippen LogP contribution in [0.3, 0.4) is 0 Å². The molecule has 0 N–H and O–H groups in total. The maximum absolute atomic E-state index is 6.10. The van der Waals surface area contributed by atoms with E-state index in [2.05, 4.69) is 17.4 Å². The van der Waals surface area contributed by atoms with Gasteiger partial charge in [0.1, 0.15) is 11.9 Å². The van der Waals surface area contributed by atoms with Crippen molar-refractivity contribution in [3.05, 3.63) is 66.2 Å².